The van der Waals surface area contributed by atoms with Crippen LogP contribution in [0.2, 0.25) is 0 Å². The number of esters is 1. The number of rotatable bonds is 6. The Kier molecular flexibility index (Phi) is 5.84. The molecular formula is C21H22N4O3. The summed E-state index contributed by atoms with van der Waals surface area (Å²) >= 11 is 0. The van der Waals surface area contributed by atoms with Crippen molar-refractivity contribution in [3.05, 3.63) is 71.7 Å². The first-order chi connectivity index (χ1) is 13.5. The van der Waals surface area contributed by atoms with Crippen LogP contribution in [0.15, 0.2) is 54.9 Å². The summed E-state index contributed by atoms with van der Waals surface area (Å²) in [5.41, 5.74) is 2.71. The molecule has 28 heavy (non-hydrogen) atoms. The number of anilines is 1. The second kappa shape index (κ2) is 8.47. The third-order valence-corrected chi connectivity index (χ3v) is 4.38. The molecule has 1 unspecified atom stereocenters. The van der Waals surface area contributed by atoms with Gasteiger partial charge in [-0.15, -0.1) is 0 Å². The minimum atomic E-state index is -0.948. The van der Waals surface area contributed by atoms with Gasteiger partial charge in [0.2, 0.25) is 0 Å². The van der Waals surface area contributed by atoms with Gasteiger partial charge in [-0.1, -0.05) is 25.1 Å². The second-order valence-electron chi connectivity index (χ2n) is 6.33. The first-order valence-corrected chi connectivity index (χ1v) is 9.06. The summed E-state index contributed by atoms with van der Waals surface area (Å²) in [6, 6.07) is 13.0. The average molecular weight is 378 g/mol. The summed E-state index contributed by atoms with van der Waals surface area (Å²) < 4.78 is 6.87. The maximum absolute atomic E-state index is 12.5. The molecule has 0 bridgehead atoms. The minimum Gasteiger partial charge on any atom is -0.449 e. The van der Waals surface area contributed by atoms with Gasteiger partial charge in [-0.25, -0.2) is 14.5 Å². The number of aromatic nitrogens is 3. The predicted molar refractivity (Wildman–Crippen MR) is 105 cm³/mol. The standard InChI is InChI=1S/C21H22N4O3/c1-4-16-8-10-17(11-9-16)24-20(26)15(3)28-21(27)18-13-23-25(14(18)2)19-7-5-6-12-22-19/h5-13,15H,4H2,1-3H3,(H,24,26). The summed E-state index contributed by atoms with van der Waals surface area (Å²) in [5, 5.41) is 6.94. The number of hydrogen-bond acceptors (Lipinski definition) is 5. The molecule has 0 fully saturated rings. The Bertz CT molecular complexity index is 965. The lowest BCUT2D eigenvalue weighted by Crippen LogP contribution is -2.30. The van der Waals surface area contributed by atoms with E-state index in [0.717, 1.165) is 6.42 Å². The molecule has 3 rings (SSSR count). The Morgan fingerprint density at radius 1 is 1.18 bits per heavy atom. The molecule has 1 aromatic carbocycles. The summed E-state index contributed by atoms with van der Waals surface area (Å²) in [4.78, 5) is 29.0. The number of ether oxygens (including phenoxy) is 1. The summed E-state index contributed by atoms with van der Waals surface area (Å²) in [6.45, 7) is 5.34. The molecule has 2 heterocycles. The molecule has 2 aromatic heterocycles. The van der Waals surface area contributed by atoms with E-state index in [4.69, 9.17) is 4.74 Å². The largest absolute Gasteiger partial charge is 0.449 e. The lowest BCUT2D eigenvalue weighted by atomic mass is 10.1. The molecule has 0 aliphatic carbocycles. The van der Waals surface area contributed by atoms with Crippen LogP contribution in [0.25, 0.3) is 5.82 Å². The number of carbonyl (C=O) groups is 2. The highest BCUT2D eigenvalue weighted by Crippen LogP contribution is 2.15. The van der Waals surface area contributed by atoms with E-state index in [1.165, 1.54) is 18.7 Å². The van der Waals surface area contributed by atoms with E-state index in [1.54, 1.807) is 29.9 Å². The number of carbonyl (C=O) groups excluding carboxylic acids is 2. The monoisotopic (exact) mass is 378 g/mol. The van der Waals surface area contributed by atoms with Gasteiger partial charge in [0.05, 0.1) is 11.9 Å². The number of amides is 1. The number of aryl methyl sites for hydroxylation is 1. The topological polar surface area (TPSA) is 86.1 Å². The van der Waals surface area contributed by atoms with Crippen molar-refractivity contribution in [2.24, 2.45) is 0 Å². The average Bonchev–Trinajstić information content (AvgIpc) is 3.10. The van der Waals surface area contributed by atoms with E-state index >= 15 is 0 Å². The van der Waals surface area contributed by atoms with Crippen molar-refractivity contribution in [2.75, 3.05) is 5.32 Å². The molecule has 0 aliphatic heterocycles. The first-order valence-electron chi connectivity index (χ1n) is 9.06. The molecule has 1 N–H and O–H groups in total. The van der Waals surface area contributed by atoms with E-state index in [0.29, 0.717) is 17.2 Å². The Morgan fingerprint density at radius 2 is 1.93 bits per heavy atom. The van der Waals surface area contributed by atoms with Gasteiger partial charge in [0.25, 0.3) is 5.91 Å². The van der Waals surface area contributed by atoms with E-state index < -0.39 is 18.0 Å². The fraction of sp³-hybridized carbons (Fsp3) is 0.238. The van der Waals surface area contributed by atoms with E-state index in [-0.39, 0.29) is 5.56 Å². The minimum absolute atomic E-state index is 0.289. The number of pyridine rings is 1. The van der Waals surface area contributed by atoms with Crippen LogP contribution in [0.5, 0.6) is 0 Å². The fourth-order valence-corrected chi connectivity index (χ4v) is 2.67. The Morgan fingerprint density at radius 3 is 2.57 bits per heavy atom. The van der Waals surface area contributed by atoms with Crippen LogP contribution in [0.1, 0.15) is 35.5 Å². The summed E-state index contributed by atoms with van der Waals surface area (Å²) in [5.74, 6) is -0.406. The molecule has 0 radical (unpaired) electrons. The highest BCUT2D eigenvalue weighted by Gasteiger charge is 2.22. The van der Waals surface area contributed by atoms with Crippen molar-refractivity contribution in [2.45, 2.75) is 33.3 Å². The summed E-state index contributed by atoms with van der Waals surface area (Å²) in [6.07, 6.45) is 3.04. The maximum Gasteiger partial charge on any atom is 0.342 e. The third-order valence-electron chi connectivity index (χ3n) is 4.38. The Labute approximate surface area is 163 Å². The SMILES string of the molecule is CCc1ccc(NC(=O)C(C)OC(=O)c2cnn(-c3ccccn3)c2C)cc1. The zero-order valence-electron chi connectivity index (χ0n) is 16.0. The van der Waals surface area contributed by atoms with Gasteiger partial charge in [-0.3, -0.25) is 4.79 Å². The van der Waals surface area contributed by atoms with Crippen molar-refractivity contribution >= 4 is 17.6 Å². The van der Waals surface area contributed by atoms with Gasteiger partial charge in [0.1, 0.15) is 5.56 Å². The molecule has 0 aliphatic rings. The smallest absolute Gasteiger partial charge is 0.342 e. The lowest BCUT2D eigenvalue weighted by Gasteiger charge is -2.13. The van der Waals surface area contributed by atoms with Gasteiger partial charge in [-0.05, 0) is 50.1 Å². The molecule has 0 saturated heterocycles. The van der Waals surface area contributed by atoms with Crippen molar-refractivity contribution < 1.29 is 14.3 Å². The third kappa shape index (κ3) is 4.25. The van der Waals surface area contributed by atoms with Gasteiger partial charge < -0.3 is 10.1 Å². The maximum atomic E-state index is 12.5. The summed E-state index contributed by atoms with van der Waals surface area (Å²) in [7, 11) is 0. The van der Waals surface area contributed by atoms with Crippen LogP contribution in [0, 0.1) is 6.92 Å². The van der Waals surface area contributed by atoms with Crippen LogP contribution in [0.4, 0.5) is 5.69 Å². The lowest BCUT2D eigenvalue weighted by molar-refractivity contribution is -0.123. The molecule has 144 valence electrons. The number of benzene rings is 1. The zero-order chi connectivity index (χ0) is 20.1. The van der Waals surface area contributed by atoms with Gasteiger partial charge in [0, 0.05) is 11.9 Å². The zero-order valence-corrected chi connectivity index (χ0v) is 16.0. The Hall–Kier alpha value is -3.48. The van der Waals surface area contributed by atoms with Crippen LogP contribution in [-0.2, 0) is 16.0 Å². The molecule has 1 atom stereocenters. The molecule has 0 spiro atoms. The predicted octanol–water partition coefficient (Wildman–Crippen LogP) is 3.32. The van der Waals surface area contributed by atoms with Gasteiger partial charge in [-0.2, -0.15) is 5.10 Å². The van der Waals surface area contributed by atoms with Crippen molar-refractivity contribution in [1.29, 1.82) is 0 Å². The van der Waals surface area contributed by atoms with Gasteiger partial charge >= 0.3 is 5.97 Å². The van der Waals surface area contributed by atoms with Crippen LogP contribution in [-0.4, -0.2) is 32.7 Å². The van der Waals surface area contributed by atoms with E-state index in [2.05, 4.69) is 22.3 Å². The Balaban J connectivity index is 1.65. The molecule has 7 nitrogen and oxygen atoms in total. The quantitative estimate of drug-likeness (QED) is 0.665. The second-order valence-corrected chi connectivity index (χ2v) is 6.33. The van der Waals surface area contributed by atoms with Crippen LogP contribution >= 0.6 is 0 Å². The highest BCUT2D eigenvalue weighted by atomic mass is 16.5. The molecule has 3 aromatic rings. The highest BCUT2D eigenvalue weighted by molar-refractivity contribution is 5.97. The molecular weight excluding hydrogens is 356 g/mol. The van der Waals surface area contributed by atoms with E-state index in [1.807, 2.05) is 30.3 Å². The van der Waals surface area contributed by atoms with Crippen molar-refractivity contribution in [3.8, 4) is 5.82 Å². The first kappa shape index (κ1) is 19.3. The van der Waals surface area contributed by atoms with Crippen LogP contribution < -0.4 is 5.32 Å². The van der Waals surface area contributed by atoms with E-state index in [9.17, 15) is 9.59 Å². The fourth-order valence-electron chi connectivity index (χ4n) is 2.67. The van der Waals surface area contributed by atoms with Crippen molar-refractivity contribution in [3.63, 3.8) is 0 Å². The normalized spacial score (nSPS) is 11.7. The molecule has 1 amide bonds. The van der Waals surface area contributed by atoms with Gasteiger partial charge in [0.15, 0.2) is 11.9 Å². The number of hydrogen-bond donors (Lipinski definition) is 1. The van der Waals surface area contributed by atoms with Crippen molar-refractivity contribution in [1.82, 2.24) is 14.8 Å². The molecule has 7 heteroatoms. The number of nitrogens with zero attached hydrogens (tertiary/aromatic N) is 3. The molecule has 0 saturated carbocycles. The number of nitrogens with one attached hydrogen (secondary N) is 1. The van der Waals surface area contributed by atoms with Crippen LogP contribution in [0.3, 0.4) is 0 Å².